The Hall–Kier alpha value is -3.35. The van der Waals surface area contributed by atoms with Gasteiger partial charge < -0.3 is 15.2 Å². The van der Waals surface area contributed by atoms with Crippen LogP contribution in [-0.2, 0) is 4.79 Å². The van der Waals surface area contributed by atoms with E-state index in [1.54, 1.807) is 6.33 Å². The predicted octanol–water partition coefficient (Wildman–Crippen LogP) is 3.52. The molecule has 0 spiro atoms. The van der Waals surface area contributed by atoms with Crippen molar-refractivity contribution in [2.24, 2.45) is 0 Å². The monoisotopic (exact) mass is 363 g/mol. The number of imidazole rings is 1. The molecule has 7 heteroatoms. The summed E-state index contributed by atoms with van der Waals surface area (Å²) in [6.45, 7) is 1.53. The van der Waals surface area contributed by atoms with Crippen LogP contribution in [0, 0.1) is 0 Å². The fraction of sp³-hybridized carbons (Fsp3) is 0.250. The highest BCUT2D eigenvalue weighted by atomic mass is 16.2. The summed E-state index contributed by atoms with van der Waals surface area (Å²) in [5.41, 5.74) is 0.752. The Morgan fingerprint density at radius 3 is 2.67 bits per heavy atom. The molecule has 0 radical (unpaired) electrons. The Bertz CT molecular complexity index is 985. The normalized spacial score (nSPS) is 18.6. The molecular weight excluding hydrogens is 342 g/mol. The molecule has 1 aliphatic rings. The van der Waals surface area contributed by atoms with Crippen LogP contribution < -0.4 is 16.0 Å². The van der Waals surface area contributed by atoms with Gasteiger partial charge in [-0.2, -0.15) is 0 Å². The Kier molecular flexibility index (Phi) is 4.50. The highest BCUT2D eigenvalue weighted by Crippen LogP contribution is 2.32. The number of benzene rings is 2. The second kappa shape index (κ2) is 7.11. The molecule has 0 atom stereocenters. The van der Waals surface area contributed by atoms with Crippen molar-refractivity contribution in [2.75, 3.05) is 10.6 Å². The minimum atomic E-state index is -0.332. The zero-order valence-corrected chi connectivity index (χ0v) is 15.0. The van der Waals surface area contributed by atoms with Crippen molar-refractivity contribution in [3.8, 4) is 0 Å². The van der Waals surface area contributed by atoms with Gasteiger partial charge in [-0.1, -0.05) is 36.4 Å². The molecule has 1 aromatic heterocycles. The molecule has 7 nitrogen and oxygen atoms in total. The lowest BCUT2D eigenvalue weighted by Gasteiger charge is -2.36. The zero-order valence-electron chi connectivity index (χ0n) is 15.0. The second-order valence-corrected chi connectivity index (χ2v) is 6.83. The van der Waals surface area contributed by atoms with Gasteiger partial charge >= 0.3 is 6.03 Å². The van der Waals surface area contributed by atoms with Crippen LogP contribution in [0.25, 0.3) is 10.8 Å². The lowest BCUT2D eigenvalue weighted by atomic mass is 9.86. The molecule has 1 saturated carbocycles. The smallest absolute Gasteiger partial charge is 0.324 e. The van der Waals surface area contributed by atoms with E-state index in [1.165, 1.54) is 6.92 Å². The molecule has 1 aliphatic carbocycles. The molecule has 4 rings (SSSR count). The first-order valence-corrected chi connectivity index (χ1v) is 8.95. The molecule has 0 aliphatic heterocycles. The molecule has 0 saturated heterocycles. The third kappa shape index (κ3) is 3.76. The predicted molar refractivity (Wildman–Crippen MR) is 105 cm³/mol. The zero-order chi connectivity index (χ0) is 18.8. The van der Waals surface area contributed by atoms with Crippen molar-refractivity contribution in [2.45, 2.75) is 31.8 Å². The first-order valence-electron chi connectivity index (χ1n) is 8.95. The number of rotatable bonds is 4. The summed E-state index contributed by atoms with van der Waals surface area (Å²) in [7, 11) is 0. The van der Waals surface area contributed by atoms with Crippen LogP contribution in [0.15, 0.2) is 55.0 Å². The summed E-state index contributed by atoms with van der Waals surface area (Å²) < 4.78 is 1.98. The van der Waals surface area contributed by atoms with Crippen LogP contribution in [0.5, 0.6) is 0 Å². The van der Waals surface area contributed by atoms with Gasteiger partial charge in [-0.25, -0.2) is 9.78 Å². The number of nitrogens with zero attached hydrogens (tertiary/aromatic N) is 2. The minimum absolute atomic E-state index is 0.00320. The van der Waals surface area contributed by atoms with E-state index >= 15 is 0 Å². The van der Waals surface area contributed by atoms with Crippen molar-refractivity contribution in [1.29, 1.82) is 0 Å². The fourth-order valence-corrected chi connectivity index (χ4v) is 3.44. The SMILES string of the molecule is CC(=O)N[C@H]1C[C@@H](n2cnc(NC(=O)Nc3cccc4ccccc34)c2)C1. The highest BCUT2D eigenvalue weighted by Gasteiger charge is 2.30. The number of carbonyl (C=O) groups excluding carboxylic acids is 2. The lowest BCUT2D eigenvalue weighted by molar-refractivity contribution is -0.120. The second-order valence-electron chi connectivity index (χ2n) is 6.83. The average Bonchev–Trinajstić information content (AvgIpc) is 3.05. The number of aromatic nitrogens is 2. The molecule has 3 aromatic rings. The lowest BCUT2D eigenvalue weighted by Crippen LogP contribution is -2.43. The molecule has 3 amide bonds. The molecular formula is C20H21N5O2. The first kappa shape index (κ1) is 17.1. The van der Waals surface area contributed by atoms with Crippen molar-refractivity contribution >= 4 is 34.2 Å². The standard InChI is InChI=1S/C20H21N5O2/c1-13(26)22-15-9-16(10-15)25-11-19(21-12-25)24-20(27)23-18-8-4-6-14-5-2-3-7-17(14)18/h2-8,11-12,15-16H,9-10H2,1H3,(H,22,26)(H2,23,24,27)/t15-,16+. The largest absolute Gasteiger partial charge is 0.353 e. The first-order chi connectivity index (χ1) is 13.1. The van der Waals surface area contributed by atoms with Gasteiger partial charge in [0.25, 0.3) is 0 Å². The van der Waals surface area contributed by atoms with Crippen LogP contribution in [0.4, 0.5) is 16.3 Å². The molecule has 1 heterocycles. The van der Waals surface area contributed by atoms with E-state index in [1.807, 2.05) is 53.2 Å². The van der Waals surface area contributed by atoms with Gasteiger partial charge in [-0.3, -0.25) is 10.1 Å². The molecule has 0 bridgehead atoms. The Morgan fingerprint density at radius 1 is 1.07 bits per heavy atom. The number of nitrogens with one attached hydrogen (secondary N) is 3. The maximum absolute atomic E-state index is 12.3. The summed E-state index contributed by atoms with van der Waals surface area (Å²) in [6, 6.07) is 13.9. The van der Waals surface area contributed by atoms with Gasteiger partial charge in [0.2, 0.25) is 5.91 Å². The summed E-state index contributed by atoms with van der Waals surface area (Å²) in [4.78, 5) is 27.7. The maximum atomic E-state index is 12.3. The summed E-state index contributed by atoms with van der Waals surface area (Å²) in [6.07, 6.45) is 5.27. The Labute approximate surface area is 156 Å². The van der Waals surface area contributed by atoms with Crippen LogP contribution in [-0.4, -0.2) is 27.5 Å². The van der Waals surface area contributed by atoms with Crippen LogP contribution in [0.2, 0.25) is 0 Å². The van der Waals surface area contributed by atoms with Crippen molar-refractivity contribution in [3.63, 3.8) is 0 Å². The number of fused-ring (bicyclic) bond motifs is 1. The summed E-state index contributed by atoms with van der Waals surface area (Å²) in [5, 5.41) is 10.6. The topological polar surface area (TPSA) is 88.1 Å². The van der Waals surface area contributed by atoms with Crippen molar-refractivity contribution in [3.05, 3.63) is 55.0 Å². The van der Waals surface area contributed by atoms with Crippen molar-refractivity contribution < 1.29 is 9.59 Å². The third-order valence-corrected chi connectivity index (χ3v) is 4.82. The van der Waals surface area contributed by atoms with E-state index in [9.17, 15) is 9.59 Å². The Morgan fingerprint density at radius 2 is 1.85 bits per heavy atom. The van der Waals surface area contributed by atoms with E-state index in [4.69, 9.17) is 0 Å². The van der Waals surface area contributed by atoms with E-state index in [0.29, 0.717) is 11.9 Å². The summed E-state index contributed by atoms with van der Waals surface area (Å²) >= 11 is 0. The number of amides is 3. The van der Waals surface area contributed by atoms with Gasteiger partial charge in [0.15, 0.2) is 5.82 Å². The number of hydrogen-bond acceptors (Lipinski definition) is 3. The number of carbonyl (C=O) groups is 2. The van der Waals surface area contributed by atoms with Gasteiger partial charge in [-0.15, -0.1) is 0 Å². The van der Waals surface area contributed by atoms with Crippen molar-refractivity contribution in [1.82, 2.24) is 14.9 Å². The van der Waals surface area contributed by atoms with E-state index < -0.39 is 0 Å². The van der Waals surface area contributed by atoms with Gasteiger partial charge in [0, 0.05) is 30.6 Å². The molecule has 138 valence electrons. The quantitative estimate of drug-likeness (QED) is 0.663. The van der Waals surface area contributed by atoms with E-state index in [-0.39, 0.29) is 18.0 Å². The third-order valence-electron chi connectivity index (χ3n) is 4.82. The number of hydrogen-bond donors (Lipinski definition) is 3. The van der Waals surface area contributed by atoms with Gasteiger partial charge in [0.1, 0.15) is 0 Å². The van der Waals surface area contributed by atoms with Crippen LogP contribution >= 0.6 is 0 Å². The number of urea groups is 1. The van der Waals surface area contributed by atoms with E-state index in [2.05, 4.69) is 20.9 Å². The van der Waals surface area contributed by atoms with Gasteiger partial charge in [0.05, 0.1) is 12.0 Å². The van der Waals surface area contributed by atoms with Crippen LogP contribution in [0.1, 0.15) is 25.8 Å². The van der Waals surface area contributed by atoms with Crippen LogP contribution in [0.3, 0.4) is 0 Å². The fourth-order valence-electron chi connectivity index (χ4n) is 3.44. The molecule has 2 aromatic carbocycles. The Balaban J connectivity index is 1.37. The van der Waals surface area contributed by atoms with E-state index in [0.717, 1.165) is 29.3 Å². The summed E-state index contributed by atoms with van der Waals surface area (Å²) in [5.74, 6) is 0.493. The number of anilines is 2. The minimum Gasteiger partial charge on any atom is -0.353 e. The molecule has 0 unspecified atom stereocenters. The highest BCUT2D eigenvalue weighted by molar-refractivity contribution is 6.05. The molecule has 27 heavy (non-hydrogen) atoms. The van der Waals surface area contributed by atoms with Gasteiger partial charge in [-0.05, 0) is 24.3 Å². The molecule has 3 N–H and O–H groups in total. The maximum Gasteiger partial charge on any atom is 0.324 e. The molecule has 1 fully saturated rings. The average molecular weight is 363 g/mol.